The largest absolute Gasteiger partial charge is 0.469 e. The van der Waals surface area contributed by atoms with Gasteiger partial charge in [-0.05, 0) is 18.4 Å². The van der Waals surface area contributed by atoms with Crippen LogP contribution < -0.4 is 11.1 Å². The van der Waals surface area contributed by atoms with Crippen molar-refractivity contribution in [2.75, 3.05) is 12.8 Å². The van der Waals surface area contributed by atoms with E-state index in [2.05, 4.69) is 15.0 Å². The van der Waals surface area contributed by atoms with E-state index >= 15 is 0 Å². The molecule has 0 radical (unpaired) electrons. The molecule has 0 saturated heterocycles. The summed E-state index contributed by atoms with van der Waals surface area (Å²) < 4.78 is 4.68. The van der Waals surface area contributed by atoms with E-state index in [1.54, 1.807) is 6.92 Å². The Morgan fingerprint density at radius 3 is 2.81 bits per heavy atom. The van der Waals surface area contributed by atoms with Gasteiger partial charge in [-0.25, -0.2) is 4.98 Å². The molecule has 0 bridgehead atoms. The summed E-state index contributed by atoms with van der Waals surface area (Å²) in [6.45, 7) is 1.72. The number of rotatable bonds is 5. The number of ether oxygens (including phenoxy) is 1. The van der Waals surface area contributed by atoms with Gasteiger partial charge in [-0.15, -0.1) is 11.3 Å². The minimum Gasteiger partial charge on any atom is -0.469 e. The summed E-state index contributed by atoms with van der Waals surface area (Å²) in [5.41, 5.74) is 6.18. The van der Waals surface area contributed by atoms with E-state index in [-0.39, 0.29) is 18.3 Å². The molecule has 21 heavy (non-hydrogen) atoms. The molecule has 0 aliphatic heterocycles. The minimum absolute atomic E-state index is 0.0795. The van der Waals surface area contributed by atoms with Gasteiger partial charge in [-0.1, -0.05) is 17.4 Å². The molecule has 8 heteroatoms. The van der Waals surface area contributed by atoms with Crippen LogP contribution in [0.3, 0.4) is 0 Å². The summed E-state index contributed by atoms with van der Waals surface area (Å²) >= 11 is 2.60. The second-order valence-electron chi connectivity index (χ2n) is 4.29. The predicted octanol–water partition coefficient (Wildman–Crippen LogP) is 2.13. The molecule has 6 nitrogen and oxygen atoms in total. The van der Waals surface area contributed by atoms with Gasteiger partial charge in [0.1, 0.15) is 4.88 Å². The van der Waals surface area contributed by atoms with Crippen LogP contribution in [0.25, 0.3) is 0 Å². The summed E-state index contributed by atoms with van der Waals surface area (Å²) in [7, 11) is 1.32. The predicted molar refractivity (Wildman–Crippen MR) is 82.4 cm³/mol. The average molecular weight is 325 g/mol. The Bertz CT molecular complexity index is 637. The van der Waals surface area contributed by atoms with Crippen molar-refractivity contribution >= 4 is 39.7 Å². The van der Waals surface area contributed by atoms with Crippen LogP contribution in [0.2, 0.25) is 0 Å². The van der Waals surface area contributed by atoms with Crippen LogP contribution in [0, 0.1) is 6.92 Å². The first-order valence-electron chi connectivity index (χ1n) is 6.15. The normalized spacial score (nSPS) is 11.9. The van der Waals surface area contributed by atoms with Gasteiger partial charge in [0.15, 0.2) is 5.13 Å². The Hall–Kier alpha value is -1.93. The second kappa shape index (κ2) is 6.68. The standard InChI is InChI=1S/C13H15N3O3S2/c1-7-11(21-13(14)15-7)12(18)16-8(6-10(17)19-2)9-4-3-5-20-9/h3-5,8H,6H2,1-2H3,(H2,14,15)(H,16,18). The number of aryl methyl sites for hydroxylation is 1. The number of nitrogen functional groups attached to an aromatic ring is 1. The van der Waals surface area contributed by atoms with Gasteiger partial charge in [0.05, 0.1) is 25.3 Å². The molecule has 112 valence electrons. The average Bonchev–Trinajstić information content (AvgIpc) is 3.07. The molecule has 0 spiro atoms. The smallest absolute Gasteiger partial charge is 0.307 e. The number of nitrogens with one attached hydrogen (secondary N) is 1. The number of thiophene rings is 1. The van der Waals surface area contributed by atoms with Gasteiger partial charge < -0.3 is 15.8 Å². The van der Waals surface area contributed by atoms with E-state index in [1.165, 1.54) is 18.4 Å². The van der Waals surface area contributed by atoms with E-state index in [1.807, 2.05) is 17.5 Å². The summed E-state index contributed by atoms with van der Waals surface area (Å²) in [5, 5.41) is 5.08. The van der Waals surface area contributed by atoms with Crippen molar-refractivity contribution in [2.24, 2.45) is 0 Å². The molecule has 3 N–H and O–H groups in total. The number of aromatic nitrogens is 1. The van der Waals surface area contributed by atoms with E-state index in [0.29, 0.717) is 15.7 Å². The number of thiazole rings is 1. The van der Waals surface area contributed by atoms with Crippen molar-refractivity contribution < 1.29 is 14.3 Å². The Morgan fingerprint density at radius 1 is 1.52 bits per heavy atom. The molecule has 0 aliphatic carbocycles. The third-order valence-electron chi connectivity index (χ3n) is 2.81. The molecule has 2 heterocycles. The molecular weight excluding hydrogens is 310 g/mol. The van der Waals surface area contributed by atoms with Crippen LogP contribution in [-0.2, 0) is 9.53 Å². The van der Waals surface area contributed by atoms with Crippen molar-refractivity contribution in [2.45, 2.75) is 19.4 Å². The van der Waals surface area contributed by atoms with Gasteiger partial charge in [0.2, 0.25) is 0 Å². The lowest BCUT2D eigenvalue weighted by Crippen LogP contribution is -2.29. The minimum atomic E-state index is -0.423. The molecule has 1 atom stereocenters. The van der Waals surface area contributed by atoms with Crippen molar-refractivity contribution in [1.29, 1.82) is 0 Å². The topological polar surface area (TPSA) is 94.3 Å². The first-order valence-corrected chi connectivity index (χ1v) is 7.85. The Morgan fingerprint density at radius 2 is 2.29 bits per heavy atom. The Kier molecular flexibility index (Phi) is 4.92. The summed E-state index contributed by atoms with van der Waals surface area (Å²) in [5.74, 6) is -0.668. The first-order chi connectivity index (χ1) is 10.0. The quantitative estimate of drug-likeness (QED) is 0.821. The maximum atomic E-state index is 12.3. The van der Waals surface area contributed by atoms with E-state index in [4.69, 9.17) is 5.73 Å². The van der Waals surface area contributed by atoms with Crippen LogP contribution in [0.4, 0.5) is 5.13 Å². The van der Waals surface area contributed by atoms with Crippen molar-refractivity contribution in [3.05, 3.63) is 33.0 Å². The van der Waals surface area contributed by atoms with E-state index in [0.717, 1.165) is 16.2 Å². The zero-order valence-electron chi connectivity index (χ0n) is 11.6. The summed E-state index contributed by atoms with van der Waals surface area (Å²) in [6.07, 6.45) is 0.0795. The fraction of sp³-hybridized carbons (Fsp3) is 0.308. The highest BCUT2D eigenvalue weighted by Gasteiger charge is 2.22. The number of carbonyl (C=O) groups excluding carboxylic acids is 2. The van der Waals surface area contributed by atoms with Crippen molar-refractivity contribution in [3.63, 3.8) is 0 Å². The molecule has 2 aromatic heterocycles. The number of hydrogen-bond acceptors (Lipinski definition) is 7. The van der Waals surface area contributed by atoms with Crippen LogP contribution in [0.15, 0.2) is 17.5 Å². The monoisotopic (exact) mass is 325 g/mol. The molecule has 0 aliphatic rings. The van der Waals surface area contributed by atoms with Gasteiger partial charge in [-0.2, -0.15) is 0 Å². The summed E-state index contributed by atoms with van der Waals surface area (Å²) in [4.78, 5) is 29.2. The maximum Gasteiger partial charge on any atom is 0.307 e. The zero-order chi connectivity index (χ0) is 15.4. The molecule has 0 fully saturated rings. The number of anilines is 1. The van der Waals surface area contributed by atoms with Gasteiger partial charge >= 0.3 is 5.97 Å². The number of hydrogen-bond donors (Lipinski definition) is 2. The fourth-order valence-electron chi connectivity index (χ4n) is 1.81. The number of amides is 1. The fourth-order valence-corrected chi connectivity index (χ4v) is 3.33. The van der Waals surface area contributed by atoms with Crippen LogP contribution in [0.1, 0.15) is 32.7 Å². The Balaban J connectivity index is 2.17. The SMILES string of the molecule is COC(=O)CC(NC(=O)c1sc(N)nc1C)c1cccs1. The lowest BCUT2D eigenvalue weighted by molar-refractivity contribution is -0.141. The number of carbonyl (C=O) groups is 2. The number of methoxy groups -OCH3 is 1. The van der Waals surface area contributed by atoms with Gasteiger partial charge in [0, 0.05) is 4.88 Å². The number of nitrogens with zero attached hydrogens (tertiary/aromatic N) is 1. The maximum absolute atomic E-state index is 12.3. The van der Waals surface area contributed by atoms with Crippen molar-refractivity contribution in [1.82, 2.24) is 10.3 Å². The van der Waals surface area contributed by atoms with E-state index in [9.17, 15) is 9.59 Å². The van der Waals surface area contributed by atoms with Crippen LogP contribution in [-0.4, -0.2) is 24.0 Å². The lowest BCUT2D eigenvalue weighted by Gasteiger charge is -2.16. The lowest BCUT2D eigenvalue weighted by atomic mass is 10.1. The highest BCUT2D eigenvalue weighted by Crippen LogP contribution is 2.25. The van der Waals surface area contributed by atoms with E-state index < -0.39 is 6.04 Å². The number of esters is 1. The molecule has 2 aromatic rings. The van der Waals surface area contributed by atoms with Gasteiger partial charge in [-0.3, -0.25) is 9.59 Å². The zero-order valence-corrected chi connectivity index (χ0v) is 13.2. The van der Waals surface area contributed by atoms with Crippen LogP contribution in [0.5, 0.6) is 0 Å². The molecular formula is C13H15N3O3S2. The van der Waals surface area contributed by atoms with Crippen molar-refractivity contribution in [3.8, 4) is 0 Å². The molecule has 2 rings (SSSR count). The number of nitrogens with two attached hydrogens (primary N) is 1. The van der Waals surface area contributed by atoms with Crippen LogP contribution >= 0.6 is 22.7 Å². The third kappa shape index (κ3) is 3.79. The highest BCUT2D eigenvalue weighted by molar-refractivity contribution is 7.17. The second-order valence-corrected chi connectivity index (χ2v) is 6.30. The highest BCUT2D eigenvalue weighted by atomic mass is 32.1. The third-order valence-corrected chi connectivity index (χ3v) is 4.78. The molecule has 1 amide bonds. The first kappa shape index (κ1) is 15.5. The molecule has 0 aromatic carbocycles. The molecule has 0 saturated carbocycles. The Labute approximate surface area is 130 Å². The molecule has 1 unspecified atom stereocenters. The summed E-state index contributed by atoms with van der Waals surface area (Å²) in [6, 6.07) is 3.31. The van der Waals surface area contributed by atoms with Gasteiger partial charge in [0.25, 0.3) is 5.91 Å².